The molecule has 0 saturated heterocycles. The van der Waals surface area contributed by atoms with Gasteiger partial charge in [0, 0.05) is 11.1 Å². The Morgan fingerprint density at radius 3 is 2.16 bits per heavy atom. The van der Waals surface area contributed by atoms with Crippen LogP contribution in [0.25, 0.3) is 0 Å². The Morgan fingerprint density at radius 2 is 1.58 bits per heavy atom. The predicted molar refractivity (Wildman–Crippen MR) is 73.8 cm³/mol. The predicted octanol–water partition coefficient (Wildman–Crippen LogP) is 3.20. The molecule has 3 nitrogen and oxygen atoms in total. The smallest absolute Gasteiger partial charge is 0.193 e. The Balaban J connectivity index is 2.50. The van der Waals surface area contributed by atoms with Crippen LogP contribution in [0.4, 0.5) is 0 Å². The number of phenols is 2. The van der Waals surface area contributed by atoms with E-state index >= 15 is 0 Å². The van der Waals surface area contributed by atoms with Crippen LogP contribution in [0, 0.1) is 6.92 Å². The summed E-state index contributed by atoms with van der Waals surface area (Å²) in [6.07, 6.45) is 0.673. The van der Waals surface area contributed by atoms with E-state index in [4.69, 9.17) is 0 Å². The van der Waals surface area contributed by atoms with Crippen LogP contribution in [0.3, 0.4) is 0 Å². The van der Waals surface area contributed by atoms with Gasteiger partial charge in [0.05, 0.1) is 0 Å². The maximum atomic E-state index is 12.5. The molecule has 0 atom stereocenters. The summed E-state index contributed by atoms with van der Waals surface area (Å²) in [5.74, 6) is 0.223. The molecule has 0 aliphatic rings. The summed E-state index contributed by atoms with van der Waals surface area (Å²) < 4.78 is 0. The first-order valence-electron chi connectivity index (χ1n) is 6.19. The van der Waals surface area contributed by atoms with Crippen LogP contribution in [0.15, 0.2) is 36.4 Å². The highest BCUT2D eigenvalue weighted by Crippen LogP contribution is 2.23. The summed E-state index contributed by atoms with van der Waals surface area (Å²) in [4.78, 5) is 12.5. The van der Waals surface area contributed by atoms with Gasteiger partial charge in [0.1, 0.15) is 11.5 Å². The van der Waals surface area contributed by atoms with Crippen molar-refractivity contribution in [3.8, 4) is 11.5 Å². The minimum Gasteiger partial charge on any atom is -0.508 e. The van der Waals surface area contributed by atoms with Crippen molar-refractivity contribution in [2.75, 3.05) is 0 Å². The van der Waals surface area contributed by atoms with Crippen LogP contribution in [0.2, 0.25) is 0 Å². The van der Waals surface area contributed by atoms with Crippen LogP contribution >= 0.6 is 0 Å². The van der Waals surface area contributed by atoms with Crippen LogP contribution in [-0.2, 0) is 6.42 Å². The summed E-state index contributed by atoms with van der Waals surface area (Å²) in [6.45, 7) is 3.73. The van der Waals surface area contributed by atoms with Gasteiger partial charge in [-0.3, -0.25) is 4.79 Å². The zero-order valence-electron chi connectivity index (χ0n) is 11.0. The number of rotatable bonds is 3. The average Bonchev–Trinajstić information content (AvgIpc) is 2.37. The zero-order chi connectivity index (χ0) is 14.0. The van der Waals surface area contributed by atoms with Crippen molar-refractivity contribution < 1.29 is 15.0 Å². The minimum absolute atomic E-state index is 0.0886. The molecule has 0 amide bonds. The standard InChI is InChI=1S/C16H16O3/c1-3-11-9-13(18)5-7-15(11)16(19)14-6-4-12(17)8-10(14)2/h4-9,17-18H,3H2,1-2H3. The van der Waals surface area contributed by atoms with Crippen molar-refractivity contribution in [2.45, 2.75) is 20.3 Å². The Morgan fingerprint density at radius 1 is 1.00 bits per heavy atom. The number of aryl methyl sites for hydroxylation is 2. The van der Waals surface area contributed by atoms with Gasteiger partial charge in [-0.05, 0) is 60.9 Å². The normalized spacial score (nSPS) is 10.4. The second-order valence-corrected chi connectivity index (χ2v) is 4.52. The number of ketones is 1. The number of hydrogen-bond acceptors (Lipinski definition) is 3. The highest BCUT2D eigenvalue weighted by atomic mass is 16.3. The van der Waals surface area contributed by atoms with Crippen molar-refractivity contribution in [1.29, 1.82) is 0 Å². The van der Waals surface area contributed by atoms with Crippen LogP contribution in [0.5, 0.6) is 11.5 Å². The van der Waals surface area contributed by atoms with Gasteiger partial charge in [0.2, 0.25) is 0 Å². The third kappa shape index (κ3) is 2.60. The molecule has 19 heavy (non-hydrogen) atoms. The molecule has 98 valence electrons. The molecule has 0 spiro atoms. The Labute approximate surface area is 112 Å². The molecule has 0 saturated carbocycles. The summed E-state index contributed by atoms with van der Waals surface area (Å²) in [5, 5.41) is 18.9. The zero-order valence-corrected chi connectivity index (χ0v) is 11.0. The Bertz CT molecular complexity index is 630. The molecule has 0 aliphatic carbocycles. The van der Waals surface area contributed by atoms with Crippen molar-refractivity contribution in [3.63, 3.8) is 0 Å². The number of hydrogen-bond donors (Lipinski definition) is 2. The van der Waals surface area contributed by atoms with Crippen molar-refractivity contribution >= 4 is 5.78 Å². The molecule has 0 fully saturated rings. The molecule has 2 aromatic rings. The molecule has 0 unspecified atom stereocenters. The van der Waals surface area contributed by atoms with Gasteiger partial charge in [-0.25, -0.2) is 0 Å². The van der Waals surface area contributed by atoms with Crippen LogP contribution in [-0.4, -0.2) is 16.0 Å². The van der Waals surface area contributed by atoms with E-state index in [1.807, 2.05) is 6.92 Å². The van der Waals surface area contributed by atoms with Gasteiger partial charge in [0.25, 0.3) is 0 Å². The second-order valence-electron chi connectivity index (χ2n) is 4.52. The lowest BCUT2D eigenvalue weighted by atomic mass is 9.94. The van der Waals surface area contributed by atoms with E-state index < -0.39 is 0 Å². The summed E-state index contributed by atoms with van der Waals surface area (Å²) in [5.41, 5.74) is 2.71. The van der Waals surface area contributed by atoms with E-state index in [1.54, 1.807) is 31.2 Å². The first kappa shape index (κ1) is 13.1. The van der Waals surface area contributed by atoms with E-state index in [9.17, 15) is 15.0 Å². The van der Waals surface area contributed by atoms with E-state index in [0.717, 1.165) is 11.1 Å². The average molecular weight is 256 g/mol. The molecule has 2 rings (SSSR count). The lowest BCUT2D eigenvalue weighted by Crippen LogP contribution is -2.06. The molecule has 0 heterocycles. The molecule has 0 radical (unpaired) electrons. The third-order valence-corrected chi connectivity index (χ3v) is 3.17. The lowest BCUT2D eigenvalue weighted by Gasteiger charge is -2.10. The topological polar surface area (TPSA) is 57.5 Å². The molecule has 0 aliphatic heterocycles. The number of carbonyl (C=O) groups excluding carboxylic acids is 1. The highest BCUT2D eigenvalue weighted by molar-refractivity contribution is 6.10. The quantitative estimate of drug-likeness (QED) is 0.829. The van der Waals surface area contributed by atoms with Gasteiger partial charge in [-0.15, -0.1) is 0 Å². The SMILES string of the molecule is CCc1cc(O)ccc1C(=O)c1ccc(O)cc1C. The monoisotopic (exact) mass is 256 g/mol. The molecule has 2 N–H and O–H groups in total. The molecule has 2 aromatic carbocycles. The van der Waals surface area contributed by atoms with Crippen molar-refractivity contribution in [3.05, 3.63) is 58.7 Å². The number of aromatic hydroxyl groups is 2. The van der Waals surface area contributed by atoms with Crippen LogP contribution in [0.1, 0.15) is 34.0 Å². The fourth-order valence-corrected chi connectivity index (χ4v) is 2.14. The van der Waals surface area contributed by atoms with E-state index in [0.29, 0.717) is 17.5 Å². The Kier molecular flexibility index (Phi) is 3.56. The number of carbonyl (C=O) groups is 1. The van der Waals surface area contributed by atoms with Crippen molar-refractivity contribution in [1.82, 2.24) is 0 Å². The molecule has 3 heteroatoms. The highest BCUT2D eigenvalue weighted by Gasteiger charge is 2.15. The third-order valence-electron chi connectivity index (χ3n) is 3.17. The largest absolute Gasteiger partial charge is 0.508 e. The van der Waals surface area contributed by atoms with E-state index in [-0.39, 0.29) is 17.3 Å². The van der Waals surface area contributed by atoms with Gasteiger partial charge in [-0.1, -0.05) is 6.92 Å². The number of benzene rings is 2. The molecule has 0 bridgehead atoms. The first-order chi connectivity index (χ1) is 9.02. The lowest BCUT2D eigenvalue weighted by molar-refractivity contribution is 0.103. The second kappa shape index (κ2) is 5.14. The van der Waals surface area contributed by atoms with Crippen LogP contribution < -0.4 is 0 Å². The first-order valence-corrected chi connectivity index (χ1v) is 6.19. The Hall–Kier alpha value is -2.29. The van der Waals surface area contributed by atoms with E-state index in [2.05, 4.69) is 0 Å². The van der Waals surface area contributed by atoms with Gasteiger partial charge in [-0.2, -0.15) is 0 Å². The van der Waals surface area contributed by atoms with Crippen molar-refractivity contribution in [2.24, 2.45) is 0 Å². The van der Waals surface area contributed by atoms with Gasteiger partial charge >= 0.3 is 0 Å². The molecule has 0 aromatic heterocycles. The minimum atomic E-state index is -0.0886. The maximum Gasteiger partial charge on any atom is 0.193 e. The molecular formula is C16H16O3. The molecular weight excluding hydrogens is 240 g/mol. The van der Waals surface area contributed by atoms with Gasteiger partial charge in [0.15, 0.2) is 5.78 Å². The summed E-state index contributed by atoms with van der Waals surface area (Å²) in [7, 11) is 0. The van der Waals surface area contributed by atoms with E-state index in [1.165, 1.54) is 12.1 Å². The fraction of sp³-hybridized carbons (Fsp3) is 0.188. The summed E-state index contributed by atoms with van der Waals surface area (Å²) >= 11 is 0. The maximum absolute atomic E-state index is 12.5. The fourth-order valence-electron chi connectivity index (χ4n) is 2.14. The number of phenolic OH excluding ortho intramolecular Hbond substituents is 2. The summed E-state index contributed by atoms with van der Waals surface area (Å²) in [6, 6.07) is 9.47. The van der Waals surface area contributed by atoms with Gasteiger partial charge < -0.3 is 10.2 Å².